The van der Waals surface area contributed by atoms with E-state index in [1.807, 2.05) is 43.6 Å². The van der Waals surface area contributed by atoms with E-state index < -0.39 is 0 Å². The third kappa shape index (κ3) is 5.14. The number of furan rings is 1. The van der Waals surface area contributed by atoms with Crippen LogP contribution in [0.25, 0.3) is 66.7 Å². The zero-order chi connectivity index (χ0) is 31.5. The van der Waals surface area contributed by atoms with Crippen molar-refractivity contribution in [3.8, 4) is 39.5 Å². The summed E-state index contributed by atoms with van der Waals surface area (Å²) >= 11 is 0. The number of phenols is 1. The van der Waals surface area contributed by atoms with Gasteiger partial charge >= 0.3 is 0 Å². The number of benzene rings is 5. The largest absolute Gasteiger partial charge is 0.507 e. The van der Waals surface area contributed by atoms with Crippen molar-refractivity contribution in [1.82, 2.24) is 14.5 Å². The molecule has 48 heavy (non-hydrogen) atoms. The van der Waals surface area contributed by atoms with Crippen LogP contribution in [0.3, 0.4) is 0 Å². The quantitative estimate of drug-likeness (QED) is 0.176. The number of hydrogen-bond donors (Lipinski definition) is 1. The van der Waals surface area contributed by atoms with Crippen LogP contribution in [0.1, 0.15) is 35.1 Å². The van der Waals surface area contributed by atoms with Gasteiger partial charge in [0.1, 0.15) is 17.2 Å². The van der Waals surface area contributed by atoms with Gasteiger partial charge in [-0.25, -0.2) is 4.98 Å². The summed E-state index contributed by atoms with van der Waals surface area (Å²) in [6.07, 6.45) is 7.10. The van der Waals surface area contributed by atoms with Crippen LogP contribution in [0.2, 0.25) is 0 Å². The monoisotopic (exact) mass is 805 g/mol. The predicted octanol–water partition coefficient (Wildman–Crippen LogP) is 9.84. The van der Waals surface area contributed by atoms with E-state index in [2.05, 4.69) is 83.4 Å². The van der Waals surface area contributed by atoms with E-state index in [0.717, 1.165) is 86.0 Å². The molecule has 0 unspecified atom stereocenters. The molecular weight excluding hydrogens is 774 g/mol. The summed E-state index contributed by atoms with van der Waals surface area (Å²) in [7, 11) is 2.02. The molecule has 0 atom stereocenters. The molecule has 3 aromatic heterocycles. The van der Waals surface area contributed by atoms with Crippen LogP contribution in [0.15, 0.2) is 114 Å². The first kappa shape index (κ1) is 30.3. The average Bonchev–Trinajstić information content (AvgIpc) is 3.65. The number of rotatable bonds is 5. The zero-order valence-corrected chi connectivity index (χ0v) is 28.7. The van der Waals surface area contributed by atoms with Crippen molar-refractivity contribution in [2.45, 2.75) is 32.1 Å². The van der Waals surface area contributed by atoms with Crippen LogP contribution in [0.5, 0.6) is 5.75 Å². The van der Waals surface area contributed by atoms with Gasteiger partial charge in [0.2, 0.25) is 0 Å². The summed E-state index contributed by atoms with van der Waals surface area (Å²) in [4.78, 5) is 10.0. The van der Waals surface area contributed by atoms with Crippen molar-refractivity contribution >= 4 is 33.0 Å². The van der Waals surface area contributed by atoms with Gasteiger partial charge in [0.05, 0.1) is 22.2 Å². The van der Waals surface area contributed by atoms with Crippen molar-refractivity contribution in [3.63, 3.8) is 0 Å². The molecule has 3 heterocycles. The molecule has 0 fully saturated rings. The minimum Gasteiger partial charge on any atom is -0.507 e. The minimum absolute atomic E-state index is 0. The molecular formula is C42H32N3O2Pt-. The van der Waals surface area contributed by atoms with Gasteiger partial charge in [-0.15, -0.1) is 12.1 Å². The molecule has 0 saturated heterocycles. The van der Waals surface area contributed by atoms with Crippen LogP contribution < -0.4 is 0 Å². The maximum absolute atomic E-state index is 11.2. The number of aryl methyl sites for hydroxylation is 3. The van der Waals surface area contributed by atoms with E-state index in [1.54, 1.807) is 0 Å². The maximum Gasteiger partial charge on any atom is 0.143 e. The Labute approximate surface area is 293 Å². The van der Waals surface area contributed by atoms with Gasteiger partial charge < -0.3 is 14.1 Å². The smallest absolute Gasteiger partial charge is 0.143 e. The summed E-state index contributed by atoms with van der Waals surface area (Å²) in [5, 5.41) is 13.2. The number of nitrogens with zero attached hydrogens (tertiary/aromatic N) is 3. The van der Waals surface area contributed by atoms with E-state index in [1.165, 1.54) is 35.1 Å². The molecule has 8 aromatic rings. The van der Waals surface area contributed by atoms with Crippen LogP contribution in [-0.4, -0.2) is 19.6 Å². The number of fused-ring (bicyclic) bond motifs is 5. The van der Waals surface area contributed by atoms with Gasteiger partial charge in [-0.1, -0.05) is 83.4 Å². The molecule has 0 amide bonds. The second-order valence-corrected chi connectivity index (χ2v) is 12.6. The van der Waals surface area contributed by atoms with Crippen LogP contribution >= 0.6 is 0 Å². The second kappa shape index (κ2) is 12.2. The van der Waals surface area contributed by atoms with Gasteiger partial charge in [-0.05, 0) is 90.1 Å². The number of phenolic OH excluding ortho intramolecular Hbond substituents is 1. The fraction of sp³-hybridized carbons (Fsp3) is 0.143. The molecule has 9 rings (SSSR count). The van der Waals surface area contributed by atoms with Crippen molar-refractivity contribution in [2.24, 2.45) is 7.05 Å². The Kier molecular flexibility index (Phi) is 7.73. The maximum atomic E-state index is 11.2. The number of hydrogen-bond acceptors (Lipinski definition) is 4. The van der Waals surface area contributed by atoms with Crippen molar-refractivity contribution < 1.29 is 30.6 Å². The molecule has 5 nitrogen and oxygen atoms in total. The molecule has 0 saturated carbocycles. The first-order valence-corrected chi connectivity index (χ1v) is 16.3. The van der Waals surface area contributed by atoms with E-state index in [-0.39, 0.29) is 26.8 Å². The molecule has 0 spiro atoms. The van der Waals surface area contributed by atoms with Crippen molar-refractivity contribution in [2.75, 3.05) is 0 Å². The van der Waals surface area contributed by atoms with Gasteiger partial charge in [-0.2, -0.15) is 0 Å². The Bertz CT molecular complexity index is 2480. The van der Waals surface area contributed by atoms with E-state index >= 15 is 0 Å². The molecule has 1 aliphatic rings. The number of imidazole rings is 1. The third-order valence-corrected chi connectivity index (χ3v) is 9.64. The molecule has 6 heteroatoms. The summed E-state index contributed by atoms with van der Waals surface area (Å²) in [6, 6.07) is 39.1. The SMILES string of the molecule is Cn1c(-c2cc3c(cc2O)CCCC3)nc2c(-c3[c-]c(-c4cc(Cc5ccccc5)ccn4)cc4c3oc3ccccc34)cccc21.[Pt]. The third-order valence-electron chi connectivity index (χ3n) is 9.64. The fourth-order valence-electron chi connectivity index (χ4n) is 7.27. The summed E-state index contributed by atoms with van der Waals surface area (Å²) in [5.41, 5.74) is 12.7. The van der Waals surface area contributed by atoms with E-state index in [9.17, 15) is 5.11 Å². The van der Waals surface area contributed by atoms with Gasteiger partial charge in [0.25, 0.3) is 0 Å². The van der Waals surface area contributed by atoms with Gasteiger partial charge in [0.15, 0.2) is 0 Å². The molecule has 0 aliphatic heterocycles. The summed E-state index contributed by atoms with van der Waals surface area (Å²) in [6.45, 7) is 0. The predicted molar refractivity (Wildman–Crippen MR) is 188 cm³/mol. The number of pyridine rings is 1. The number of aromatic nitrogens is 3. The Morgan fingerprint density at radius 2 is 1.58 bits per heavy atom. The van der Waals surface area contributed by atoms with Crippen LogP contribution in [0.4, 0.5) is 0 Å². The standard InChI is InChI=1S/C42H32N3O2.Pt/c1-45-37-16-9-15-32(40(37)44-42(45)35-22-28-12-5-6-13-29(28)25-38(35)46)34-24-30(23-33-31-14-7-8-17-39(31)47-41(33)34)36-21-27(18-19-43-36)20-26-10-3-2-4-11-26;/h2-4,7-11,14-19,21-23,25,46H,5-6,12-13,20H2,1H3;/q-1;. The topological polar surface area (TPSA) is 64.1 Å². The van der Waals surface area contributed by atoms with Gasteiger partial charge in [0, 0.05) is 45.4 Å². The van der Waals surface area contributed by atoms with Crippen LogP contribution in [-0.2, 0) is 47.4 Å². The Balaban J connectivity index is 0.00000336. The normalized spacial score (nSPS) is 12.8. The van der Waals surface area contributed by atoms with Crippen LogP contribution in [0, 0.1) is 6.07 Å². The first-order chi connectivity index (χ1) is 23.1. The van der Waals surface area contributed by atoms with E-state index in [0.29, 0.717) is 0 Å². The Hall–Kier alpha value is -4.99. The first-order valence-electron chi connectivity index (χ1n) is 16.3. The number of aromatic hydroxyl groups is 1. The van der Waals surface area contributed by atoms with Crippen molar-refractivity contribution in [3.05, 3.63) is 138 Å². The average molecular weight is 806 g/mol. The Morgan fingerprint density at radius 1 is 0.792 bits per heavy atom. The molecule has 1 N–H and O–H groups in total. The fourth-order valence-corrected chi connectivity index (χ4v) is 7.27. The number of para-hydroxylation sites is 2. The molecule has 5 aromatic carbocycles. The summed E-state index contributed by atoms with van der Waals surface area (Å²) in [5.74, 6) is 1.02. The summed E-state index contributed by atoms with van der Waals surface area (Å²) < 4.78 is 8.64. The Morgan fingerprint density at radius 3 is 2.44 bits per heavy atom. The molecule has 0 bridgehead atoms. The van der Waals surface area contributed by atoms with E-state index in [4.69, 9.17) is 14.4 Å². The molecule has 1 aliphatic carbocycles. The van der Waals surface area contributed by atoms with Gasteiger partial charge in [-0.3, -0.25) is 4.98 Å². The minimum atomic E-state index is 0. The zero-order valence-electron chi connectivity index (χ0n) is 26.4. The second-order valence-electron chi connectivity index (χ2n) is 12.6. The van der Waals surface area contributed by atoms with Crippen molar-refractivity contribution in [1.29, 1.82) is 0 Å². The molecule has 238 valence electrons. The molecule has 0 radical (unpaired) electrons.